The molecule has 2 N–H and O–H groups in total. The average molecular weight is 278 g/mol. The highest BCUT2D eigenvalue weighted by atomic mass is 16.1. The molecule has 0 unspecified atom stereocenters. The normalized spacial score (nSPS) is 11.0. The molecule has 0 saturated carbocycles. The van der Waals surface area contributed by atoms with Crippen LogP contribution in [0.1, 0.15) is 16.7 Å². The molecule has 2 aromatic carbocycles. The summed E-state index contributed by atoms with van der Waals surface area (Å²) < 4.78 is 2.11. The van der Waals surface area contributed by atoms with E-state index in [1.165, 1.54) is 11.1 Å². The smallest absolute Gasteiger partial charge is 0.189 e. The predicted octanol–water partition coefficient (Wildman–Crippen LogP) is 2.82. The van der Waals surface area contributed by atoms with Gasteiger partial charge < -0.3 is 10.3 Å². The quantitative estimate of drug-likeness (QED) is 0.801. The van der Waals surface area contributed by atoms with Crippen LogP contribution in [-0.4, -0.2) is 4.57 Å². The van der Waals surface area contributed by atoms with E-state index in [2.05, 4.69) is 29.7 Å². The van der Waals surface area contributed by atoms with Gasteiger partial charge in [0, 0.05) is 30.7 Å². The molecule has 0 saturated heterocycles. The zero-order valence-corrected chi connectivity index (χ0v) is 12.0. The molecule has 0 amide bonds. The Balaban J connectivity index is 2.06. The Hall–Kier alpha value is -2.39. The Bertz CT molecular complexity index is 849. The number of aryl methyl sites for hydroxylation is 1. The van der Waals surface area contributed by atoms with Gasteiger partial charge in [0.15, 0.2) is 5.43 Å². The topological polar surface area (TPSA) is 48.0 Å². The van der Waals surface area contributed by atoms with Crippen molar-refractivity contribution < 1.29 is 0 Å². The number of nitrogens with zero attached hydrogens (tertiary/aromatic N) is 1. The summed E-state index contributed by atoms with van der Waals surface area (Å²) in [5.74, 6) is 0. The highest BCUT2D eigenvalue weighted by molar-refractivity contribution is 5.78. The van der Waals surface area contributed by atoms with Crippen molar-refractivity contribution in [1.82, 2.24) is 4.57 Å². The third-order valence-corrected chi connectivity index (χ3v) is 3.87. The number of aromatic nitrogens is 1. The number of benzene rings is 2. The van der Waals surface area contributed by atoms with Gasteiger partial charge in [-0.3, -0.25) is 4.79 Å². The highest BCUT2D eigenvalue weighted by Gasteiger charge is 2.05. The second kappa shape index (κ2) is 5.54. The van der Waals surface area contributed by atoms with Gasteiger partial charge in [0.25, 0.3) is 0 Å². The van der Waals surface area contributed by atoms with Crippen molar-refractivity contribution in [3.8, 4) is 0 Å². The van der Waals surface area contributed by atoms with Crippen LogP contribution in [0.2, 0.25) is 0 Å². The fraction of sp³-hybridized carbons (Fsp3) is 0.167. The lowest BCUT2D eigenvalue weighted by Gasteiger charge is -2.13. The molecule has 1 aromatic heterocycles. The molecule has 21 heavy (non-hydrogen) atoms. The zero-order valence-electron chi connectivity index (χ0n) is 12.0. The summed E-state index contributed by atoms with van der Waals surface area (Å²) in [6.07, 6.45) is 1.86. The van der Waals surface area contributed by atoms with Crippen LogP contribution in [0.15, 0.2) is 59.5 Å². The molecule has 3 nitrogen and oxygen atoms in total. The molecule has 1 heterocycles. The van der Waals surface area contributed by atoms with Gasteiger partial charge in [0.05, 0.1) is 5.52 Å². The summed E-state index contributed by atoms with van der Waals surface area (Å²) in [7, 11) is 0. The van der Waals surface area contributed by atoms with E-state index in [4.69, 9.17) is 5.73 Å². The molecule has 0 fully saturated rings. The van der Waals surface area contributed by atoms with Crippen LogP contribution >= 0.6 is 0 Å². The lowest BCUT2D eigenvalue weighted by Crippen LogP contribution is -2.09. The first-order valence-electron chi connectivity index (χ1n) is 7.05. The fourth-order valence-corrected chi connectivity index (χ4v) is 2.64. The van der Waals surface area contributed by atoms with Crippen molar-refractivity contribution in [1.29, 1.82) is 0 Å². The molecular formula is C18H18N2O. The standard InChI is InChI=1S/C18H18N2O/c1-13-10-14(11-19)6-7-15(13)12-20-9-8-18(21)16-4-2-3-5-17(16)20/h2-10H,11-12,19H2,1H3. The summed E-state index contributed by atoms with van der Waals surface area (Å²) >= 11 is 0. The molecule has 0 spiro atoms. The summed E-state index contributed by atoms with van der Waals surface area (Å²) in [6, 6.07) is 15.7. The molecule has 0 aliphatic rings. The third-order valence-electron chi connectivity index (χ3n) is 3.87. The van der Waals surface area contributed by atoms with Crippen LogP contribution in [-0.2, 0) is 13.1 Å². The van der Waals surface area contributed by atoms with Crippen molar-refractivity contribution in [2.75, 3.05) is 0 Å². The minimum Gasteiger partial charge on any atom is -0.343 e. The van der Waals surface area contributed by atoms with Gasteiger partial charge in [-0.1, -0.05) is 30.3 Å². The summed E-state index contributed by atoms with van der Waals surface area (Å²) in [4.78, 5) is 11.9. The Morgan fingerprint density at radius 3 is 2.67 bits per heavy atom. The van der Waals surface area contributed by atoms with Crippen LogP contribution in [0.5, 0.6) is 0 Å². The Kier molecular flexibility index (Phi) is 3.59. The van der Waals surface area contributed by atoms with E-state index >= 15 is 0 Å². The minimum atomic E-state index is 0.0667. The molecule has 3 heteroatoms. The Morgan fingerprint density at radius 1 is 1.10 bits per heavy atom. The van der Waals surface area contributed by atoms with E-state index in [0.29, 0.717) is 6.54 Å². The van der Waals surface area contributed by atoms with Crippen LogP contribution in [0, 0.1) is 6.92 Å². The molecule has 3 rings (SSSR count). The first-order chi connectivity index (χ1) is 10.2. The maximum absolute atomic E-state index is 11.9. The van der Waals surface area contributed by atoms with Crippen LogP contribution in [0.4, 0.5) is 0 Å². The maximum Gasteiger partial charge on any atom is 0.189 e. The van der Waals surface area contributed by atoms with Gasteiger partial charge in [0.2, 0.25) is 0 Å². The predicted molar refractivity (Wildman–Crippen MR) is 86.4 cm³/mol. The monoisotopic (exact) mass is 278 g/mol. The van der Waals surface area contributed by atoms with E-state index in [0.717, 1.165) is 23.0 Å². The van der Waals surface area contributed by atoms with Gasteiger partial charge in [-0.05, 0) is 35.7 Å². The Labute approximate surface area is 123 Å². The molecule has 3 aromatic rings. The number of hydrogen-bond acceptors (Lipinski definition) is 2. The molecule has 0 atom stereocenters. The molecule has 0 bridgehead atoms. The van der Waals surface area contributed by atoms with Crippen molar-refractivity contribution >= 4 is 10.9 Å². The average Bonchev–Trinajstić information content (AvgIpc) is 2.52. The summed E-state index contributed by atoms with van der Waals surface area (Å²) in [6.45, 7) is 3.40. The van der Waals surface area contributed by atoms with E-state index in [9.17, 15) is 4.79 Å². The van der Waals surface area contributed by atoms with E-state index in [1.54, 1.807) is 6.07 Å². The second-order valence-electron chi connectivity index (χ2n) is 5.29. The number of nitrogens with two attached hydrogens (primary N) is 1. The molecule has 0 aliphatic heterocycles. The zero-order chi connectivity index (χ0) is 14.8. The van der Waals surface area contributed by atoms with Gasteiger partial charge in [-0.2, -0.15) is 0 Å². The van der Waals surface area contributed by atoms with Crippen molar-refractivity contribution in [2.45, 2.75) is 20.0 Å². The highest BCUT2D eigenvalue weighted by Crippen LogP contribution is 2.16. The van der Waals surface area contributed by atoms with Crippen molar-refractivity contribution in [2.24, 2.45) is 5.73 Å². The van der Waals surface area contributed by atoms with Gasteiger partial charge in [0.1, 0.15) is 0 Å². The molecule has 106 valence electrons. The largest absolute Gasteiger partial charge is 0.343 e. The van der Waals surface area contributed by atoms with Gasteiger partial charge >= 0.3 is 0 Å². The number of hydrogen-bond donors (Lipinski definition) is 1. The summed E-state index contributed by atoms with van der Waals surface area (Å²) in [5.41, 5.74) is 10.3. The van der Waals surface area contributed by atoms with Gasteiger partial charge in [-0.25, -0.2) is 0 Å². The first-order valence-corrected chi connectivity index (χ1v) is 7.05. The van der Waals surface area contributed by atoms with Crippen LogP contribution in [0.3, 0.4) is 0 Å². The van der Waals surface area contributed by atoms with Crippen LogP contribution < -0.4 is 11.2 Å². The fourth-order valence-electron chi connectivity index (χ4n) is 2.64. The molecular weight excluding hydrogens is 260 g/mol. The van der Waals surface area contributed by atoms with E-state index in [1.807, 2.05) is 30.5 Å². The van der Waals surface area contributed by atoms with Crippen LogP contribution in [0.25, 0.3) is 10.9 Å². The molecule has 0 aliphatic carbocycles. The van der Waals surface area contributed by atoms with E-state index in [-0.39, 0.29) is 5.43 Å². The number of rotatable bonds is 3. The third kappa shape index (κ3) is 2.60. The minimum absolute atomic E-state index is 0.0667. The SMILES string of the molecule is Cc1cc(CN)ccc1Cn1ccc(=O)c2ccccc21. The lowest BCUT2D eigenvalue weighted by molar-refractivity contribution is 0.818. The van der Waals surface area contributed by atoms with Gasteiger partial charge in [-0.15, -0.1) is 0 Å². The molecule has 0 radical (unpaired) electrons. The first kappa shape index (κ1) is 13.6. The lowest BCUT2D eigenvalue weighted by atomic mass is 10.0. The Morgan fingerprint density at radius 2 is 1.90 bits per heavy atom. The van der Waals surface area contributed by atoms with Crippen molar-refractivity contribution in [3.63, 3.8) is 0 Å². The second-order valence-corrected chi connectivity index (χ2v) is 5.29. The van der Waals surface area contributed by atoms with Crippen molar-refractivity contribution in [3.05, 3.63) is 81.6 Å². The number of pyridine rings is 1. The number of para-hydroxylation sites is 1. The van der Waals surface area contributed by atoms with E-state index < -0.39 is 0 Å². The number of fused-ring (bicyclic) bond motifs is 1. The summed E-state index contributed by atoms with van der Waals surface area (Å²) in [5, 5.41) is 0.760. The maximum atomic E-state index is 11.9.